The van der Waals surface area contributed by atoms with Gasteiger partial charge in [0, 0.05) is 21.1 Å². The Bertz CT molecular complexity index is 372. The first kappa shape index (κ1) is 10.3. The second-order valence-corrected chi connectivity index (χ2v) is 4.58. The summed E-state index contributed by atoms with van der Waals surface area (Å²) in [6.45, 7) is 0. The highest BCUT2D eigenvalue weighted by Gasteiger charge is 2.26. The van der Waals surface area contributed by atoms with Gasteiger partial charge >= 0.3 is 10.2 Å². The fourth-order valence-electron chi connectivity index (χ4n) is 0.615. The number of guanidine groups is 1. The Balaban J connectivity index is 3.19. The van der Waals surface area contributed by atoms with Crippen LogP contribution in [0.15, 0.2) is 9.39 Å². The molecule has 0 saturated heterocycles. The molecule has 74 valence electrons. The van der Waals surface area contributed by atoms with Gasteiger partial charge in [0.15, 0.2) is 0 Å². The van der Waals surface area contributed by atoms with Crippen LogP contribution in [-0.4, -0.2) is 50.0 Å². The predicted molar refractivity (Wildman–Crippen MR) is 51.1 cm³/mol. The van der Waals surface area contributed by atoms with Crippen LogP contribution in [0.3, 0.4) is 0 Å². The summed E-state index contributed by atoms with van der Waals surface area (Å²) in [4.78, 5) is 5.23. The molecule has 0 fully saturated rings. The van der Waals surface area contributed by atoms with E-state index in [4.69, 9.17) is 11.6 Å². The first-order valence-corrected chi connectivity index (χ1v) is 5.12. The first-order chi connectivity index (χ1) is 5.84. The molecule has 0 bridgehead atoms. The van der Waals surface area contributed by atoms with Crippen LogP contribution in [-0.2, 0) is 10.2 Å². The van der Waals surface area contributed by atoms with Crippen molar-refractivity contribution in [3.05, 3.63) is 0 Å². The molecule has 1 aliphatic rings. The van der Waals surface area contributed by atoms with Gasteiger partial charge in [-0.1, -0.05) is 0 Å². The van der Waals surface area contributed by atoms with Crippen LogP contribution in [0.2, 0.25) is 0 Å². The lowest BCUT2D eigenvalue weighted by molar-refractivity contribution is 0.547. The van der Waals surface area contributed by atoms with Gasteiger partial charge in [-0.15, -0.1) is 4.40 Å². The van der Waals surface area contributed by atoms with E-state index in [1.807, 2.05) is 0 Å². The Hall–Kier alpha value is -0.820. The van der Waals surface area contributed by atoms with Crippen LogP contribution in [0.1, 0.15) is 0 Å². The Morgan fingerprint density at radius 1 is 1.46 bits per heavy atom. The number of rotatable bonds is 0. The molecule has 0 aromatic carbocycles. The molecule has 0 amide bonds. The summed E-state index contributed by atoms with van der Waals surface area (Å²) in [7, 11) is 0.865. The minimum atomic E-state index is -3.69. The van der Waals surface area contributed by atoms with Crippen LogP contribution in [0.4, 0.5) is 0 Å². The van der Waals surface area contributed by atoms with E-state index in [2.05, 4.69) is 9.39 Å². The highest BCUT2D eigenvalue weighted by atomic mass is 35.5. The maximum absolute atomic E-state index is 11.3. The number of hydrogen-bond acceptors (Lipinski definition) is 4. The average Bonchev–Trinajstić information content (AvgIpc) is 1.99. The van der Waals surface area contributed by atoms with Gasteiger partial charge in [0.25, 0.3) is 0 Å². The summed E-state index contributed by atoms with van der Waals surface area (Å²) < 4.78 is 26.7. The van der Waals surface area contributed by atoms with Gasteiger partial charge in [0.1, 0.15) is 0 Å². The van der Waals surface area contributed by atoms with Crippen LogP contribution in [0.5, 0.6) is 0 Å². The molecule has 0 N–H and O–H groups in total. The van der Waals surface area contributed by atoms with Gasteiger partial charge < -0.3 is 4.90 Å². The summed E-state index contributed by atoms with van der Waals surface area (Å²) in [5.41, 5.74) is 0. The molecule has 0 atom stereocenters. The van der Waals surface area contributed by atoms with E-state index in [-0.39, 0.29) is 11.3 Å². The van der Waals surface area contributed by atoms with Crippen LogP contribution in [0.25, 0.3) is 0 Å². The molecule has 6 nitrogen and oxygen atoms in total. The van der Waals surface area contributed by atoms with Gasteiger partial charge in [-0.3, -0.25) is 0 Å². The van der Waals surface area contributed by atoms with E-state index in [0.29, 0.717) is 0 Å². The van der Waals surface area contributed by atoms with Crippen LogP contribution < -0.4 is 0 Å². The van der Waals surface area contributed by atoms with Crippen molar-refractivity contribution in [3.8, 4) is 0 Å². The van der Waals surface area contributed by atoms with Gasteiger partial charge in [0.05, 0.1) is 0 Å². The van der Waals surface area contributed by atoms with Gasteiger partial charge in [-0.05, 0) is 11.6 Å². The zero-order valence-electron chi connectivity index (χ0n) is 7.39. The van der Waals surface area contributed by atoms with Crippen molar-refractivity contribution in [1.29, 1.82) is 0 Å². The monoisotopic (exact) mass is 224 g/mol. The van der Waals surface area contributed by atoms with E-state index in [0.717, 1.165) is 4.31 Å². The molecule has 1 aliphatic heterocycles. The molecular formula is C5H9ClN4O2S. The smallest absolute Gasteiger partial charge is 0.346 e. The average molecular weight is 225 g/mol. The highest BCUT2D eigenvalue weighted by Crippen LogP contribution is 2.11. The molecule has 0 aromatic heterocycles. The topological polar surface area (TPSA) is 65.3 Å². The highest BCUT2D eigenvalue weighted by molar-refractivity contribution is 7.88. The lowest BCUT2D eigenvalue weighted by atomic mass is 10.8. The van der Waals surface area contributed by atoms with E-state index in [1.165, 1.54) is 11.9 Å². The minimum Gasteiger partial charge on any atom is -0.346 e. The van der Waals surface area contributed by atoms with E-state index < -0.39 is 10.2 Å². The van der Waals surface area contributed by atoms with Crippen molar-refractivity contribution in [2.75, 3.05) is 21.1 Å². The molecule has 0 aliphatic carbocycles. The maximum atomic E-state index is 11.3. The summed E-state index contributed by atoms with van der Waals surface area (Å²) in [6.07, 6.45) is 0. The molecule has 0 spiro atoms. The van der Waals surface area contributed by atoms with Crippen molar-refractivity contribution < 1.29 is 8.42 Å². The molecular weight excluding hydrogens is 216 g/mol. The second-order valence-electron chi connectivity index (χ2n) is 2.61. The third-order valence-electron chi connectivity index (χ3n) is 1.40. The first-order valence-electron chi connectivity index (χ1n) is 3.35. The largest absolute Gasteiger partial charge is 0.349 e. The van der Waals surface area contributed by atoms with Gasteiger partial charge in [-0.25, -0.2) is 4.31 Å². The third kappa shape index (κ3) is 1.92. The van der Waals surface area contributed by atoms with Crippen molar-refractivity contribution in [1.82, 2.24) is 9.21 Å². The van der Waals surface area contributed by atoms with Crippen LogP contribution in [0, 0.1) is 0 Å². The zero-order chi connectivity index (χ0) is 10.2. The van der Waals surface area contributed by atoms with E-state index in [1.54, 1.807) is 14.1 Å². The number of amidine groups is 1. The lowest BCUT2D eigenvalue weighted by Gasteiger charge is -2.21. The number of halogens is 1. The SMILES string of the molecule is CN(C)C1=NS(=O)(=O)N(C)C(Cl)=N1. The minimum absolute atomic E-state index is 0.0723. The standard InChI is InChI=1S/C5H9ClN4O2S/c1-9(2)5-7-4(6)10(3)13(11,12)8-5/h1-3H3. The molecule has 0 radical (unpaired) electrons. The van der Waals surface area contributed by atoms with Crippen molar-refractivity contribution >= 4 is 33.1 Å². The Kier molecular flexibility index (Phi) is 2.49. The summed E-state index contributed by atoms with van der Waals surface area (Å²) in [5.74, 6) is 0.0723. The lowest BCUT2D eigenvalue weighted by Crippen LogP contribution is -2.36. The summed E-state index contributed by atoms with van der Waals surface area (Å²) >= 11 is 5.58. The maximum Gasteiger partial charge on any atom is 0.349 e. The molecule has 0 unspecified atom stereocenters. The normalized spacial score (nSPS) is 20.8. The molecule has 1 rings (SSSR count). The number of nitrogens with zero attached hydrogens (tertiary/aromatic N) is 4. The molecule has 0 aromatic rings. The predicted octanol–water partition coefficient (Wildman–Crippen LogP) is -0.311. The van der Waals surface area contributed by atoms with Crippen LogP contribution >= 0.6 is 11.6 Å². The summed E-state index contributed by atoms with van der Waals surface area (Å²) in [5, 5.41) is -0.112. The number of hydrogen-bond donors (Lipinski definition) is 0. The van der Waals surface area contributed by atoms with Crippen molar-refractivity contribution in [3.63, 3.8) is 0 Å². The van der Waals surface area contributed by atoms with Gasteiger partial charge in [-0.2, -0.15) is 13.4 Å². The molecule has 0 saturated carbocycles. The Morgan fingerprint density at radius 3 is 2.38 bits per heavy atom. The number of aliphatic imine (C=N–C) groups is 1. The summed E-state index contributed by atoms with van der Waals surface area (Å²) in [6, 6.07) is 0. The second kappa shape index (κ2) is 3.15. The van der Waals surface area contributed by atoms with E-state index in [9.17, 15) is 8.42 Å². The van der Waals surface area contributed by atoms with Gasteiger partial charge in [0.2, 0.25) is 11.3 Å². The molecule has 1 heterocycles. The fraction of sp³-hybridized carbons (Fsp3) is 0.600. The Morgan fingerprint density at radius 2 is 2.00 bits per heavy atom. The fourth-order valence-corrected chi connectivity index (χ4v) is 1.72. The third-order valence-corrected chi connectivity index (χ3v) is 3.09. The Labute approximate surface area is 81.7 Å². The zero-order valence-corrected chi connectivity index (χ0v) is 8.96. The molecule has 8 heteroatoms. The van der Waals surface area contributed by atoms with Crippen molar-refractivity contribution in [2.24, 2.45) is 9.39 Å². The molecule has 13 heavy (non-hydrogen) atoms. The van der Waals surface area contributed by atoms with Crippen molar-refractivity contribution in [2.45, 2.75) is 0 Å². The quantitative estimate of drug-likeness (QED) is 0.530. The van der Waals surface area contributed by atoms with E-state index >= 15 is 0 Å².